The van der Waals surface area contributed by atoms with E-state index in [9.17, 15) is 4.79 Å². The van der Waals surface area contributed by atoms with Gasteiger partial charge in [0.25, 0.3) is 0 Å². The number of fused-ring (bicyclic) bond motifs is 2. The van der Waals surface area contributed by atoms with Crippen molar-refractivity contribution in [3.8, 4) is 0 Å². The zero-order valence-electron chi connectivity index (χ0n) is 8.23. The summed E-state index contributed by atoms with van der Waals surface area (Å²) in [6.07, 6.45) is 13.2. The average Bonchev–Trinajstić information content (AvgIpc) is 2.30. The Balaban J connectivity index is 2.09. The molecular formula is C13H11OP. The number of hydrogen-bond donors (Lipinski definition) is 0. The highest BCUT2D eigenvalue weighted by Crippen LogP contribution is 2.44. The fourth-order valence-corrected chi connectivity index (χ4v) is 3.33. The molecule has 2 aliphatic carbocycles. The van der Waals surface area contributed by atoms with E-state index in [2.05, 4.69) is 24.0 Å². The second kappa shape index (κ2) is 3.43. The first-order valence-electron chi connectivity index (χ1n) is 5.11. The Morgan fingerprint density at radius 1 is 1.33 bits per heavy atom. The van der Waals surface area contributed by atoms with E-state index in [0.29, 0.717) is 14.5 Å². The smallest absolute Gasteiger partial charge is 0.186 e. The van der Waals surface area contributed by atoms with Crippen LogP contribution in [0.25, 0.3) is 0 Å². The summed E-state index contributed by atoms with van der Waals surface area (Å²) in [5.74, 6) is 2.71. The summed E-state index contributed by atoms with van der Waals surface area (Å²) < 4.78 is 0. The van der Waals surface area contributed by atoms with Gasteiger partial charge in [0.15, 0.2) is 5.78 Å². The lowest BCUT2D eigenvalue weighted by molar-refractivity contribution is -0.111. The lowest BCUT2D eigenvalue weighted by atomic mass is 9.81. The van der Waals surface area contributed by atoms with Gasteiger partial charge >= 0.3 is 0 Å². The molecule has 0 fully saturated rings. The van der Waals surface area contributed by atoms with Crippen molar-refractivity contribution < 1.29 is 4.79 Å². The minimum atomic E-state index is 0.221. The third kappa shape index (κ3) is 1.39. The molecule has 2 atom stereocenters. The van der Waals surface area contributed by atoms with Gasteiger partial charge in [0, 0.05) is 11.2 Å². The molecule has 3 aliphatic rings. The summed E-state index contributed by atoms with van der Waals surface area (Å²) in [6, 6.07) is 0. The van der Waals surface area contributed by atoms with Gasteiger partial charge in [-0.2, -0.15) is 0 Å². The van der Waals surface area contributed by atoms with Gasteiger partial charge < -0.3 is 0 Å². The Kier molecular flexibility index (Phi) is 2.07. The first-order chi connectivity index (χ1) is 7.36. The van der Waals surface area contributed by atoms with Crippen molar-refractivity contribution in [2.24, 2.45) is 5.92 Å². The van der Waals surface area contributed by atoms with E-state index in [1.807, 2.05) is 12.2 Å². The lowest BCUT2D eigenvalue weighted by Gasteiger charge is -2.28. The second-order valence-electron chi connectivity index (χ2n) is 3.88. The molecule has 0 saturated carbocycles. The third-order valence-electron chi connectivity index (χ3n) is 2.99. The highest BCUT2D eigenvalue weighted by atomic mass is 31.1. The molecule has 0 radical (unpaired) electrons. The van der Waals surface area contributed by atoms with Crippen molar-refractivity contribution in [3.05, 3.63) is 58.7 Å². The van der Waals surface area contributed by atoms with Crippen LogP contribution < -0.4 is 0 Å². The number of hydrogen-bond acceptors (Lipinski definition) is 1. The van der Waals surface area contributed by atoms with Crippen molar-refractivity contribution in [3.63, 3.8) is 0 Å². The van der Waals surface area contributed by atoms with E-state index >= 15 is 0 Å². The number of carbonyl (C=O) groups excluding carboxylic acids is 1. The summed E-state index contributed by atoms with van der Waals surface area (Å²) in [7, 11) is 0.563. The standard InChI is InChI=1S/C13H11OP/c14-12-8-9-4-1-2-5-10(9)11-6-3-7-15-13(11)12/h1-5,7-8,10,15H,6H2. The highest BCUT2D eigenvalue weighted by Gasteiger charge is 2.28. The molecule has 0 N–H and O–H groups in total. The van der Waals surface area contributed by atoms with Crippen LogP contribution in [0.2, 0.25) is 0 Å². The molecule has 15 heavy (non-hydrogen) atoms. The molecule has 3 rings (SSSR count). The van der Waals surface area contributed by atoms with Gasteiger partial charge in [-0.05, 0) is 23.6 Å². The van der Waals surface area contributed by atoms with E-state index in [-0.39, 0.29) is 5.78 Å². The Bertz CT molecular complexity index is 475. The maximum atomic E-state index is 11.9. The van der Waals surface area contributed by atoms with E-state index in [1.54, 1.807) is 6.08 Å². The van der Waals surface area contributed by atoms with Gasteiger partial charge in [0.2, 0.25) is 0 Å². The molecule has 0 aromatic carbocycles. The molecule has 0 saturated heterocycles. The van der Waals surface area contributed by atoms with Crippen molar-refractivity contribution in [2.75, 3.05) is 0 Å². The summed E-state index contributed by atoms with van der Waals surface area (Å²) in [6.45, 7) is 0. The Morgan fingerprint density at radius 2 is 2.27 bits per heavy atom. The lowest BCUT2D eigenvalue weighted by Crippen LogP contribution is -2.17. The molecule has 0 spiro atoms. The molecule has 2 unspecified atom stereocenters. The summed E-state index contributed by atoms with van der Waals surface area (Å²) in [4.78, 5) is 11.9. The molecule has 74 valence electrons. The zero-order valence-corrected chi connectivity index (χ0v) is 9.23. The van der Waals surface area contributed by atoms with Gasteiger partial charge in [0.1, 0.15) is 0 Å². The average molecular weight is 214 g/mol. The SMILES string of the molecule is O=C1C=C2C=CC=CC2C2=C1PC=CC2. The Labute approximate surface area is 90.7 Å². The van der Waals surface area contributed by atoms with Crippen molar-refractivity contribution in [1.29, 1.82) is 0 Å². The number of ketones is 1. The van der Waals surface area contributed by atoms with Gasteiger partial charge in [0.05, 0.1) is 0 Å². The molecule has 2 heteroatoms. The van der Waals surface area contributed by atoms with E-state index < -0.39 is 0 Å². The summed E-state index contributed by atoms with van der Waals surface area (Å²) in [5, 5.41) is 1.05. The zero-order chi connectivity index (χ0) is 10.3. The van der Waals surface area contributed by atoms with Gasteiger partial charge in [-0.25, -0.2) is 0 Å². The maximum absolute atomic E-state index is 11.9. The van der Waals surface area contributed by atoms with Crippen LogP contribution in [0.3, 0.4) is 0 Å². The molecule has 0 aromatic rings. The predicted molar refractivity (Wildman–Crippen MR) is 64.0 cm³/mol. The first-order valence-corrected chi connectivity index (χ1v) is 6.19. The first kappa shape index (κ1) is 9.06. The quantitative estimate of drug-likeness (QED) is 0.566. The normalized spacial score (nSPS) is 29.2. The van der Waals surface area contributed by atoms with Crippen LogP contribution in [0.5, 0.6) is 0 Å². The molecule has 0 bridgehead atoms. The fraction of sp³-hybridized carbons (Fsp3) is 0.154. The third-order valence-corrected chi connectivity index (χ3v) is 4.24. The number of rotatable bonds is 0. The van der Waals surface area contributed by atoms with Crippen molar-refractivity contribution in [2.45, 2.75) is 6.42 Å². The number of carbonyl (C=O) groups is 1. The predicted octanol–water partition coefficient (Wildman–Crippen LogP) is 3.09. The minimum Gasteiger partial charge on any atom is -0.289 e. The van der Waals surface area contributed by atoms with Gasteiger partial charge in [-0.3, -0.25) is 4.79 Å². The van der Waals surface area contributed by atoms with Crippen LogP contribution in [0.15, 0.2) is 58.7 Å². The van der Waals surface area contributed by atoms with Crippen LogP contribution in [-0.2, 0) is 4.79 Å². The van der Waals surface area contributed by atoms with Crippen molar-refractivity contribution in [1.82, 2.24) is 0 Å². The van der Waals surface area contributed by atoms with Gasteiger partial charge in [-0.15, -0.1) is 0 Å². The van der Waals surface area contributed by atoms with Crippen LogP contribution in [0.4, 0.5) is 0 Å². The van der Waals surface area contributed by atoms with Crippen LogP contribution >= 0.6 is 8.58 Å². The van der Waals surface area contributed by atoms with E-state index in [4.69, 9.17) is 0 Å². The summed E-state index contributed by atoms with van der Waals surface area (Å²) in [5.41, 5.74) is 2.47. The Hall–Kier alpha value is -1.20. The second-order valence-corrected chi connectivity index (χ2v) is 5.00. The van der Waals surface area contributed by atoms with Gasteiger partial charge in [-0.1, -0.05) is 44.8 Å². The van der Waals surface area contributed by atoms with Crippen LogP contribution in [0, 0.1) is 5.92 Å². The summed E-state index contributed by atoms with van der Waals surface area (Å²) >= 11 is 0. The topological polar surface area (TPSA) is 17.1 Å². The highest BCUT2D eigenvalue weighted by molar-refractivity contribution is 7.48. The molecule has 1 aliphatic heterocycles. The molecular weight excluding hydrogens is 203 g/mol. The molecule has 1 heterocycles. The molecule has 0 aromatic heterocycles. The fourth-order valence-electron chi connectivity index (χ4n) is 2.27. The largest absolute Gasteiger partial charge is 0.289 e. The number of allylic oxidation sites excluding steroid dienone is 9. The van der Waals surface area contributed by atoms with Crippen molar-refractivity contribution >= 4 is 14.4 Å². The van der Waals surface area contributed by atoms with Crippen LogP contribution in [-0.4, -0.2) is 5.78 Å². The minimum absolute atomic E-state index is 0.221. The Morgan fingerprint density at radius 3 is 3.20 bits per heavy atom. The molecule has 0 amide bonds. The van der Waals surface area contributed by atoms with E-state index in [0.717, 1.165) is 17.3 Å². The monoisotopic (exact) mass is 214 g/mol. The van der Waals surface area contributed by atoms with E-state index in [1.165, 1.54) is 5.57 Å². The molecule has 1 nitrogen and oxygen atoms in total. The van der Waals surface area contributed by atoms with Crippen LogP contribution in [0.1, 0.15) is 6.42 Å². The maximum Gasteiger partial charge on any atom is 0.186 e.